The van der Waals surface area contributed by atoms with Gasteiger partial charge in [0.15, 0.2) is 11.5 Å². The Morgan fingerprint density at radius 1 is 1.04 bits per heavy atom. The van der Waals surface area contributed by atoms with Crippen LogP contribution in [0.3, 0.4) is 0 Å². The zero-order chi connectivity index (χ0) is 20.3. The van der Waals surface area contributed by atoms with E-state index in [0.29, 0.717) is 27.8 Å². The molecule has 0 bridgehead atoms. The first-order valence-electron chi connectivity index (χ1n) is 8.18. The Labute approximate surface area is 167 Å². The summed E-state index contributed by atoms with van der Waals surface area (Å²) in [5.74, 6) is 1.77. The molecule has 28 heavy (non-hydrogen) atoms. The number of aromatic nitrogens is 1. The molecule has 7 nitrogen and oxygen atoms in total. The average Bonchev–Trinajstić information content (AvgIpc) is 3.16. The molecular formula is C19H19NO6PS+. The summed E-state index contributed by atoms with van der Waals surface area (Å²) in [5.41, 5.74) is 3.85. The maximum atomic E-state index is 11.3. The first-order chi connectivity index (χ1) is 13.5. The van der Waals surface area contributed by atoms with E-state index in [9.17, 15) is 9.46 Å². The molecule has 3 aromatic rings. The van der Waals surface area contributed by atoms with Crippen molar-refractivity contribution in [2.45, 2.75) is 11.8 Å². The molecule has 2 aromatic carbocycles. The number of hydrogen-bond acceptors (Lipinski definition) is 7. The van der Waals surface area contributed by atoms with Crippen LogP contribution in [-0.4, -0.2) is 31.4 Å². The van der Waals surface area contributed by atoms with Crippen molar-refractivity contribution in [1.29, 1.82) is 0 Å². The first kappa shape index (κ1) is 20.2. The molecule has 0 saturated heterocycles. The fourth-order valence-corrected chi connectivity index (χ4v) is 4.46. The topological polar surface area (TPSA) is 91.0 Å². The third-order valence-electron chi connectivity index (χ3n) is 4.16. The molecule has 1 unspecified atom stereocenters. The van der Waals surface area contributed by atoms with Crippen LogP contribution in [0.25, 0.3) is 22.4 Å². The lowest BCUT2D eigenvalue weighted by Crippen LogP contribution is -1.95. The lowest BCUT2D eigenvalue weighted by molar-refractivity contribution is 0.353. The van der Waals surface area contributed by atoms with Gasteiger partial charge in [0.25, 0.3) is 0 Å². The summed E-state index contributed by atoms with van der Waals surface area (Å²) in [6, 6.07) is 9.13. The number of hydrogen-bond donors (Lipinski definition) is 1. The minimum Gasteiger partial charge on any atom is -0.495 e. The van der Waals surface area contributed by atoms with Crippen LogP contribution in [0.2, 0.25) is 0 Å². The quantitative estimate of drug-likeness (QED) is 0.529. The molecule has 1 atom stereocenters. The molecule has 1 N–H and O–H groups in total. The summed E-state index contributed by atoms with van der Waals surface area (Å²) in [7, 11) is 2.26. The summed E-state index contributed by atoms with van der Waals surface area (Å²) in [6.07, 6.45) is 1.54. The zero-order valence-electron chi connectivity index (χ0n) is 15.8. The highest BCUT2D eigenvalue weighted by atomic mass is 32.7. The molecule has 1 heterocycles. The van der Waals surface area contributed by atoms with Crippen LogP contribution in [0.5, 0.6) is 17.2 Å². The summed E-state index contributed by atoms with van der Waals surface area (Å²) in [4.78, 5) is 9.83. The molecule has 1 aromatic heterocycles. The van der Waals surface area contributed by atoms with Crippen LogP contribution < -0.4 is 14.2 Å². The van der Waals surface area contributed by atoms with Crippen molar-refractivity contribution in [2.75, 3.05) is 21.3 Å². The van der Waals surface area contributed by atoms with Gasteiger partial charge in [-0.15, -0.1) is 0 Å². The van der Waals surface area contributed by atoms with Crippen LogP contribution >= 0.6 is 18.6 Å². The molecule has 3 rings (SSSR count). The van der Waals surface area contributed by atoms with Gasteiger partial charge in [0.2, 0.25) is 11.4 Å². The van der Waals surface area contributed by atoms with Crippen LogP contribution in [-0.2, 0) is 4.57 Å². The van der Waals surface area contributed by atoms with Gasteiger partial charge in [0, 0.05) is 11.1 Å². The largest absolute Gasteiger partial charge is 0.588 e. The van der Waals surface area contributed by atoms with E-state index < -0.39 is 7.23 Å². The average molecular weight is 420 g/mol. The van der Waals surface area contributed by atoms with Gasteiger partial charge in [-0.25, -0.2) is 0 Å². The number of nitrogens with zero attached hydrogens (tertiary/aromatic N) is 1. The maximum absolute atomic E-state index is 11.3. The lowest BCUT2D eigenvalue weighted by atomic mass is 10.00. The highest BCUT2D eigenvalue weighted by molar-refractivity contribution is 8.50. The van der Waals surface area contributed by atoms with Gasteiger partial charge in [0.1, 0.15) is 22.6 Å². The Bertz CT molecular complexity index is 1020. The Hall–Kier alpha value is -2.54. The van der Waals surface area contributed by atoms with Crippen LogP contribution in [0.1, 0.15) is 5.56 Å². The summed E-state index contributed by atoms with van der Waals surface area (Å²) in [5, 5.41) is 4.15. The fourth-order valence-electron chi connectivity index (χ4n) is 2.94. The normalized spacial score (nSPS) is 11.2. The molecule has 0 aliphatic heterocycles. The van der Waals surface area contributed by atoms with Gasteiger partial charge in [-0.3, -0.25) is 0 Å². The van der Waals surface area contributed by atoms with Gasteiger partial charge in [-0.1, -0.05) is 11.2 Å². The van der Waals surface area contributed by atoms with E-state index in [1.807, 2.05) is 25.1 Å². The zero-order valence-corrected chi connectivity index (χ0v) is 17.5. The second kappa shape index (κ2) is 8.65. The van der Waals surface area contributed by atoms with Crippen molar-refractivity contribution in [2.24, 2.45) is 0 Å². The summed E-state index contributed by atoms with van der Waals surface area (Å²) < 4.78 is 32.6. The van der Waals surface area contributed by atoms with E-state index in [2.05, 4.69) is 5.16 Å². The Morgan fingerprint density at radius 2 is 1.79 bits per heavy atom. The second-order valence-electron chi connectivity index (χ2n) is 5.80. The van der Waals surface area contributed by atoms with E-state index >= 15 is 0 Å². The van der Waals surface area contributed by atoms with Crippen molar-refractivity contribution < 1.29 is 28.2 Å². The van der Waals surface area contributed by atoms with Gasteiger partial charge in [0.05, 0.1) is 21.3 Å². The number of benzene rings is 2. The van der Waals surface area contributed by atoms with E-state index in [1.165, 1.54) is 13.4 Å². The number of rotatable bonds is 7. The van der Waals surface area contributed by atoms with Crippen molar-refractivity contribution >= 4 is 18.6 Å². The molecule has 0 aliphatic rings. The number of methoxy groups -OCH3 is 3. The van der Waals surface area contributed by atoms with Gasteiger partial charge in [-0.05, 0) is 46.9 Å². The monoisotopic (exact) mass is 420 g/mol. The van der Waals surface area contributed by atoms with Gasteiger partial charge in [-0.2, -0.15) is 4.89 Å². The molecule has 146 valence electrons. The van der Waals surface area contributed by atoms with Crippen molar-refractivity contribution in [3.63, 3.8) is 0 Å². The van der Waals surface area contributed by atoms with E-state index in [1.54, 1.807) is 26.4 Å². The minimum atomic E-state index is -2.42. The lowest BCUT2D eigenvalue weighted by Gasteiger charge is -2.12. The van der Waals surface area contributed by atoms with Crippen molar-refractivity contribution in [1.82, 2.24) is 5.16 Å². The molecule has 0 spiro atoms. The highest BCUT2D eigenvalue weighted by Gasteiger charge is 2.22. The summed E-state index contributed by atoms with van der Waals surface area (Å²) >= 11 is 0.828. The molecule has 0 saturated carbocycles. The van der Waals surface area contributed by atoms with Crippen LogP contribution in [0.4, 0.5) is 0 Å². The molecule has 0 amide bonds. The number of aryl methyl sites for hydroxylation is 1. The van der Waals surface area contributed by atoms with Crippen molar-refractivity contribution in [3.05, 3.63) is 42.2 Å². The van der Waals surface area contributed by atoms with Gasteiger partial charge >= 0.3 is 7.23 Å². The Morgan fingerprint density at radius 3 is 2.43 bits per heavy atom. The molecule has 0 aliphatic carbocycles. The third-order valence-corrected chi connectivity index (χ3v) is 5.89. The minimum absolute atomic E-state index is 0.520. The highest BCUT2D eigenvalue weighted by Crippen LogP contribution is 2.46. The standard InChI is InChI=1S/C19H18NO6PS/c1-11-7-13(8-16(24-3)19(11)25-4)18-14(10-26-20-18)12-5-6-15(23-2)17(9-12)28-27(21)22/h5-10H,1-4H3/p+1. The van der Waals surface area contributed by atoms with Crippen LogP contribution in [0, 0.1) is 6.92 Å². The smallest absolute Gasteiger partial charge is 0.495 e. The van der Waals surface area contributed by atoms with Crippen molar-refractivity contribution in [3.8, 4) is 39.6 Å². The second-order valence-corrected chi connectivity index (χ2v) is 8.38. The van der Waals surface area contributed by atoms with Crippen LogP contribution in [0.15, 0.2) is 46.0 Å². The molecular weight excluding hydrogens is 401 g/mol. The maximum Gasteiger partial charge on any atom is 0.588 e. The molecule has 9 heteroatoms. The first-order valence-corrected chi connectivity index (χ1v) is 10.8. The predicted octanol–water partition coefficient (Wildman–Crippen LogP) is 5.08. The summed E-state index contributed by atoms with van der Waals surface area (Å²) in [6.45, 7) is 1.92. The van der Waals surface area contributed by atoms with E-state index in [-0.39, 0.29) is 0 Å². The van der Waals surface area contributed by atoms with E-state index in [4.69, 9.17) is 18.7 Å². The molecule has 0 radical (unpaired) electrons. The van der Waals surface area contributed by atoms with Gasteiger partial charge < -0.3 is 18.7 Å². The molecule has 0 fully saturated rings. The van der Waals surface area contributed by atoms with E-state index in [0.717, 1.165) is 33.6 Å². The SMILES string of the molecule is COc1ccc(-c2conc2-c2cc(C)c(OC)c(OC)c2)cc1S[P+](=O)O. The Balaban J connectivity index is 2.10. The predicted molar refractivity (Wildman–Crippen MR) is 107 cm³/mol. The third kappa shape index (κ3) is 3.99. The Kier molecular flexibility index (Phi) is 6.24. The fraction of sp³-hybridized carbons (Fsp3) is 0.211. The number of ether oxygens (including phenoxy) is 3.